The van der Waals surface area contributed by atoms with E-state index in [1.165, 1.54) is 79.4 Å². The molecule has 0 aliphatic rings. The molecule has 10 nitrogen and oxygen atoms in total. The van der Waals surface area contributed by atoms with E-state index in [1.807, 2.05) is 89.3 Å². The molecule has 13 heteroatoms. The highest BCUT2D eigenvalue weighted by Gasteiger charge is 2.20. The highest BCUT2D eigenvalue weighted by atomic mass is 19.1. The average Bonchev–Trinajstić information content (AvgIpc) is 0.829. The summed E-state index contributed by atoms with van der Waals surface area (Å²) in [5.41, 5.74) is 24.5. The van der Waals surface area contributed by atoms with Crippen molar-refractivity contribution in [1.82, 2.24) is 44.9 Å². The van der Waals surface area contributed by atoms with Crippen molar-refractivity contribution in [3.8, 4) is 5.88 Å². The van der Waals surface area contributed by atoms with Gasteiger partial charge in [-0.2, -0.15) is 8.78 Å². The van der Waals surface area contributed by atoms with Crippen LogP contribution >= 0.6 is 0 Å². The Kier molecular flexibility index (Phi) is 48.0. The Bertz CT molecular complexity index is 3780. The van der Waals surface area contributed by atoms with Crippen LogP contribution < -0.4 is 4.74 Å². The highest BCUT2D eigenvalue weighted by Crippen LogP contribution is 2.34. The van der Waals surface area contributed by atoms with Gasteiger partial charge in [0.15, 0.2) is 0 Å². The smallest absolute Gasteiger partial charge is 0.216 e. The third-order valence-electron chi connectivity index (χ3n) is 19.8. The number of hydrogen-bond acceptors (Lipinski definition) is 10. The molecule has 0 bridgehead atoms. The molecular formula is C102H156F3N9O. The topological polar surface area (TPSA) is 125 Å². The molecule has 0 amide bonds. The lowest BCUT2D eigenvalue weighted by Gasteiger charge is -2.15. The molecule has 0 saturated carbocycles. The summed E-state index contributed by atoms with van der Waals surface area (Å²) in [6.07, 6.45) is 19.8. The second-order valence-corrected chi connectivity index (χ2v) is 35.9. The second kappa shape index (κ2) is 52.6. The van der Waals surface area contributed by atoms with Crippen LogP contribution in [0, 0.1) is 31.6 Å². The van der Waals surface area contributed by atoms with Crippen LogP contribution in [0.4, 0.5) is 13.2 Å². The van der Waals surface area contributed by atoms with Gasteiger partial charge in [0.2, 0.25) is 17.8 Å². The fourth-order valence-electron chi connectivity index (χ4n) is 13.4. The largest absolute Gasteiger partial charge is 0.481 e. The second-order valence-electron chi connectivity index (χ2n) is 35.9. The van der Waals surface area contributed by atoms with Gasteiger partial charge >= 0.3 is 0 Å². The number of pyridine rings is 9. The Labute approximate surface area is 699 Å². The van der Waals surface area contributed by atoms with E-state index < -0.39 is 0 Å². The summed E-state index contributed by atoms with van der Waals surface area (Å²) in [5.74, 6) is 8.49. The van der Waals surface area contributed by atoms with Crippen molar-refractivity contribution in [2.24, 2.45) is 0 Å². The summed E-state index contributed by atoms with van der Waals surface area (Å²) < 4.78 is 44.7. The first-order valence-electron chi connectivity index (χ1n) is 42.8. The zero-order valence-corrected chi connectivity index (χ0v) is 79.1. The zero-order chi connectivity index (χ0) is 88.2. The predicted octanol–water partition coefficient (Wildman–Crippen LogP) is 31.0. The van der Waals surface area contributed by atoms with Crippen LogP contribution in [0.2, 0.25) is 0 Å². The minimum Gasteiger partial charge on any atom is -0.481 e. The van der Waals surface area contributed by atoms with Crippen LogP contribution in [-0.2, 0) is 0 Å². The van der Waals surface area contributed by atoms with E-state index >= 15 is 0 Å². The maximum absolute atomic E-state index is 13.4. The molecule has 636 valence electrons. The first-order chi connectivity index (χ1) is 53.6. The molecule has 115 heavy (non-hydrogen) atoms. The maximum atomic E-state index is 13.4. The van der Waals surface area contributed by atoms with Crippen LogP contribution in [0.15, 0.2) is 129 Å². The summed E-state index contributed by atoms with van der Waals surface area (Å²) >= 11 is 0. The lowest BCUT2D eigenvalue weighted by molar-refractivity contribution is 0.396. The van der Waals surface area contributed by atoms with Crippen LogP contribution in [0.25, 0.3) is 0 Å². The van der Waals surface area contributed by atoms with Crippen molar-refractivity contribution < 1.29 is 17.9 Å². The SMILES string of the molecule is CC(C)c1cccnc1C(C)C.CC(C)c1ccnc(F)c1C(C)C.CC(C)c1ccncc1C(C)C.CC(C)c1ccncc1C(C)C.CC(C)c1cnc(F)cc1C(C)C.CC(C)c1cncc(F)c1C(C)C.COc1cc(C(C)C)c(C(C)C)cn1.Cc1cc(C(C)C)c(C(C)C)cn1.Cc1ccc(C(C)C)c(C(C)C)n1. The molecule has 0 fully saturated rings. The van der Waals surface area contributed by atoms with E-state index in [0.717, 1.165) is 44.8 Å². The molecule has 0 N–H and O–H groups in total. The molecule has 0 radical (unpaired) electrons. The van der Waals surface area contributed by atoms with Gasteiger partial charge in [-0.1, -0.05) is 261 Å². The number of aryl methyl sites for hydroxylation is 2. The molecule has 0 atom stereocenters. The molecule has 9 heterocycles. The number of nitrogens with zero attached hydrogens (tertiary/aromatic N) is 9. The summed E-state index contributed by atoms with van der Waals surface area (Å²) in [5, 5.41) is 0. The number of methoxy groups -OCH3 is 1. The number of rotatable bonds is 19. The third-order valence-corrected chi connectivity index (χ3v) is 19.8. The Balaban J connectivity index is 0.000000647. The number of ether oxygens (including phenoxy) is 1. The van der Waals surface area contributed by atoms with Crippen LogP contribution in [-0.4, -0.2) is 52.0 Å². The van der Waals surface area contributed by atoms with Crippen molar-refractivity contribution >= 4 is 0 Å². The minimum absolute atomic E-state index is 0.179. The standard InChI is InChI=1S/C12H19NO.2C12H19N.3C11H16FN.3C11H17N/c1-8(2)10-6-12(14-5)13-7-11(10)9(3)4;1-8(2)11-6-10(5)13-7-12(11)9(3)4;1-8(2)11-7-6-10(5)13-12(11)9(3)4;1-7(2)9-5-13-6-10(12)11(9)8(3)4;1-7(2)9-5-11(12)13-6-10(9)8(3)4;1-7(2)9-5-6-13-11(12)10(9)8(3)4;2*1-8(2)10-5-6-12-7-11(10)9(3)4;1-8(2)10-6-5-7-12-11(10)9(3)4/h6-9H,1-5H3;2*6-9H,1-5H3;3*5-8H,1-4H3;3*5-9H,1-4H3. The minimum atomic E-state index is -0.381. The molecule has 9 rings (SSSR count). The van der Waals surface area contributed by atoms with Gasteiger partial charge in [-0.15, -0.1) is 0 Å². The summed E-state index contributed by atoms with van der Waals surface area (Å²) in [6.45, 7) is 81.8. The fourth-order valence-corrected chi connectivity index (χ4v) is 13.4. The first-order valence-corrected chi connectivity index (χ1v) is 42.8. The van der Waals surface area contributed by atoms with E-state index in [0.29, 0.717) is 101 Å². The van der Waals surface area contributed by atoms with Gasteiger partial charge in [0, 0.05) is 96.4 Å². The van der Waals surface area contributed by atoms with Crippen molar-refractivity contribution in [3.05, 3.63) is 258 Å². The average molecular weight is 1580 g/mol. The molecule has 0 aromatic carbocycles. The highest BCUT2D eigenvalue weighted by molar-refractivity contribution is 5.37. The van der Waals surface area contributed by atoms with E-state index in [4.69, 9.17) is 4.74 Å². The van der Waals surface area contributed by atoms with Crippen LogP contribution in [0.1, 0.15) is 468 Å². The van der Waals surface area contributed by atoms with Crippen LogP contribution in [0.3, 0.4) is 0 Å². The molecule has 0 aliphatic heterocycles. The molecule has 9 aromatic heterocycles. The third kappa shape index (κ3) is 35.7. The van der Waals surface area contributed by atoms with E-state index in [-0.39, 0.29) is 29.5 Å². The quantitative estimate of drug-likeness (QED) is 0.0723. The zero-order valence-electron chi connectivity index (χ0n) is 79.1. The van der Waals surface area contributed by atoms with Gasteiger partial charge in [-0.25, -0.2) is 19.3 Å². The van der Waals surface area contributed by atoms with Gasteiger partial charge < -0.3 is 4.74 Å². The fraction of sp³-hybridized carbons (Fsp3) is 0.559. The summed E-state index contributed by atoms with van der Waals surface area (Å²) in [6, 6.07) is 20.4. The maximum Gasteiger partial charge on any atom is 0.216 e. The normalized spacial score (nSPS) is 11.2. The molecule has 9 aromatic rings. The first kappa shape index (κ1) is 105. The van der Waals surface area contributed by atoms with Gasteiger partial charge in [0.05, 0.1) is 13.3 Å². The molecule has 0 unspecified atom stereocenters. The van der Waals surface area contributed by atoms with Crippen molar-refractivity contribution in [2.75, 3.05) is 7.11 Å². The monoisotopic (exact) mass is 1580 g/mol. The van der Waals surface area contributed by atoms with Crippen molar-refractivity contribution in [1.29, 1.82) is 0 Å². The van der Waals surface area contributed by atoms with Crippen molar-refractivity contribution in [2.45, 2.75) is 370 Å². The van der Waals surface area contributed by atoms with E-state index in [2.05, 4.69) is 317 Å². The van der Waals surface area contributed by atoms with Gasteiger partial charge in [-0.05, 0) is 246 Å². The molecule has 0 aliphatic carbocycles. The molecule has 0 saturated heterocycles. The summed E-state index contributed by atoms with van der Waals surface area (Å²) in [4.78, 5) is 37.1. The van der Waals surface area contributed by atoms with Gasteiger partial charge in [-0.3, -0.25) is 29.9 Å². The number of hydrogen-bond donors (Lipinski definition) is 0. The number of halogens is 3. The number of aromatic nitrogens is 9. The van der Waals surface area contributed by atoms with Gasteiger partial charge in [0.25, 0.3) is 0 Å². The van der Waals surface area contributed by atoms with Crippen LogP contribution in [0.5, 0.6) is 5.88 Å². The predicted molar refractivity (Wildman–Crippen MR) is 488 cm³/mol. The lowest BCUT2D eigenvalue weighted by Crippen LogP contribution is -2.03. The Morgan fingerprint density at radius 1 is 0.252 bits per heavy atom. The van der Waals surface area contributed by atoms with Gasteiger partial charge in [0.1, 0.15) is 5.82 Å². The Morgan fingerprint density at radius 2 is 0.617 bits per heavy atom. The van der Waals surface area contributed by atoms with E-state index in [1.54, 1.807) is 25.6 Å². The Morgan fingerprint density at radius 3 is 0.983 bits per heavy atom. The molecular weight excluding hydrogens is 1420 g/mol. The molecule has 0 spiro atoms. The van der Waals surface area contributed by atoms with E-state index in [9.17, 15) is 13.2 Å². The summed E-state index contributed by atoms with van der Waals surface area (Å²) in [7, 11) is 1.65. The van der Waals surface area contributed by atoms with Crippen molar-refractivity contribution in [3.63, 3.8) is 0 Å². The lowest BCUT2D eigenvalue weighted by atomic mass is 9.92. The Hall–Kier alpha value is -8.06.